The summed E-state index contributed by atoms with van der Waals surface area (Å²) in [6.45, 7) is 1.41. The molecule has 0 heterocycles. The van der Waals surface area contributed by atoms with E-state index in [0.29, 0.717) is 5.92 Å². The molecule has 4 atom stereocenters. The zero-order chi connectivity index (χ0) is 11.0. The molecule has 4 nitrogen and oxygen atoms in total. The first-order chi connectivity index (χ1) is 7.11. The number of carbonyl (C=O) groups excluding carboxylic acids is 2. The Morgan fingerprint density at radius 3 is 2.35 bits per heavy atom. The maximum Gasteiger partial charge on any atom is 1.00 e. The van der Waals surface area contributed by atoms with Crippen molar-refractivity contribution in [3.8, 4) is 0 Å². The molecule has 0 N–H and O–H groups in total. The normalized spacial score (nSPS) is 33.3. The predicted molar refractivity (Wildman–Crippen MR) is 51.6 cm³/mol. The summed E-state index contributed by atoms with van der Waals surface area (Å²) >= 11 is 0. The number of ether oxygens (including phenoxy) is 2. The van der Waals surface area contributed by atoms with Crippen molar-refractivity contribution in [2.24, 2.45) is 17.8 Å². The topological polar surface area (TPSA) is 52.6 Å². The zero-order valence-electron chi connectivity index (χ0n) is 10.0. The van der Waals surface area contributed by atoms with E-state index in [1.165, 1.54) is 14.0 Å². The third kappa shape index (κ3) is 3.56. The summed E-state index contributed by atoms with van der Waals surface area (Å²) in [6.07, 6.45) is 3.62. The minimum atomic E-state index is -0.251. The van der Waals surface area contributed by atoms with Crippen molar-refractivity contribution in [3.63, 3.8) is 0 Å². The van der Waals surface area contributed by atoms with Crippen LogP contribution in [-0.2, 0) is 46.7 Å². The Hall–Kier alpha value is 0.165. The third-order valence-electron chi connectivity index (χ3n) is 3.36. The number of esters is 2. The van der Waals surface area contributed by atoms with E-state index in [4.69, 9.17) is 9.47 Å². The van der Waals surface area contributed by atoms with Crippen LogP contribution in [0.1, 0.15) is 19.8 Å². The van der Waals surface area contributed by atoms with Crippen molar-refractivity contribution in [1.29, 1.82) is 0 Å². The molecule has 2 aliphatic carbocycles. The Kier molecular flexibility index (Phi) is 7.00. The second kappa shape index (κ2) is 6.93. The Balaban J connectivity index is 0.00000128. The molecular formula is C11H15ClHgO4. The third-order valence-corrected chi connectivity index (χ3v) is 3.36. The van der Waals surface area contributed by atoms with Gasteiger partial charge in [-0.25, -0.2) is 0 Å². The average molecular weight is 447 g/mol. The molecule has 0 saturated heterocycles. The van der Waals surface area contributed by atoms with Crippen LogP contribution in [0.3, 0.4) is 0 Å². The first-order valence-electron chi connectivity index (χ1n) is 5.22. The molecule has 0 spiro atoms. The van der Waals surface area contributed by atoms with E-state index in [2.05, 4.69) is 0 Å². The van der Waals surface area contributed by atoms with Gasteiger partial charge >= 0.3 is 39.6 Å². The van der Waals surface area contributed by atoms with Gasteiger partial charge in [-0.05, 0) is 24.7 Å². The first kappa shape index (κ1) is 17.2. The van der Waals surface area contributed by atoms with Gasteiger partial charge in [-0.1, -0.05) is 0 Å². The van der Waals surface area contributed by atoms with Gasteiger partial charge in [0.2, 0.25) is 0 Å². The SMILES string of the molecule is COC(=O)[C@H]1C[C@@H]2C[C@H]1[CH][C@H]2OC(C)=O.[Cl-].[Hg+]. The number of methoxy groups -OCH3 is 1. The van der Waals surface area contributed by atoms with Crippen LogP contribution in [0.5, 0.6) is 0 Å². The summed E-state index contributed by atoms with van der Waals surface area (Å²) in [5.74, 6) is 0.125. The van der Waals surface area contributed by atoms with E-state index in [1.54, 1.807) is 0 Å². The van der Waals surface area contributed by atoms with Gasteiger partial charge in [0.1, 0.15) is 6.10 Å². The molecule has 0 aromatic rings. The Labute approximate surface area is 128 Å². The summed E-state index contributed by atoms with van der Waals surface area (Å²) < 4.78 is 9.90. The second-order valence-electron chi connectivity index (χ2n) is 4.29. The maximum atomic E-state index is 11.4. The number of rotatable bonds is 2. The molecule has 17 heavy (non-hydrogen) atoms. The Morgan fingerprint density at radius 1 is 1.29 bits per heavy atom. The van der Waals surface area contributed by atoms with E-state index < -0.39 is 0 Å². The number of carbonyl (C=O) groups is 2. The summed E-state index contributed by atoms with van der Waals surface area (Å²) in [4.78, 5) is 22.2. The summed E-state index contributed by atoms with van der Waals surface area (Å²) in [7, 11) is 1.41. The standard InChI is InChI=1S/C11H15O4.ClH.Hg/c1-6(12)15-10-5-7-3-8(10)4-9(7)11(13)14-2;;/h5,7-10H,3-4H2,1-2H3;1H;/q;;+1/p-1/t7-,8-,9-,10+;;/m0../s1. The van der Waals surface area contributed by atoms with Crippen molar-refractivity contribution in [3.05, 3.63) is 6.42 Å². The van der Waals surface area contributed by atoms with Crippen LogP contribution in [0, 0.1) is 24.2 Å². The molecule has 0 aliphatic heterocycles. The summed E-state index contributed by atoms with van der Waals surface area (Å²) in [5, 5.41) is 0. The summed E-state index contributed by atoms with van der Waals surface area (Å²) in [5.41, 5.74) is 0. The van der Waals surface area contributed by atoms with Crippen molar-refractivity contribution < 1.29 is 59.1 Å². The number of hydrogen-bond acceptors (Lipinski definition) is 4. The van der Waals surface area contributed by atoms with Crippen LogP contribution < -0.4 is 12.4 Å². The minimum absolute atomic E-state index is 0. The molecule has 2 bridgehead atoms. The zero-order valence-corrected chi connectivity index (χ0v) is 16.3. The quantitative estimate of drug-likeness (QED) is 0.362. The molecule has 0 unspecified atom stereocenters. The predicted octanol–water partition coefficient (Wildman–Crippen LogP) is -2.05. The first-order valence-corrected chi connectivity index (χ1v) is 5.22. The molecule has 2 rings (SSSR count). The summed E-state index contributed by atoms with van der Waals surface area (Å²) in [6, 6.07) is 0. The van der Waals surface area contributed by atoms with Crippen LogP contribution in [0.15, 0.2) is 0 Å². The van der Waals surface area contributed by atoms with Crippen molar-refractivity contribution >= 4 is 11.9 Å². The van der Waals surface area contributed by atoms with Gasteiger partial charge in [-0.2, -0.15) is 0 Å². The van der Waals surface area contributed by atoms with E-state index in [-0.39, 0.29) is 70.0 Å². The maximum absolute atomic E-state index is 11.4. The van der Waals surface area contributed by atoms with Gasteiger partial charge in [0.05, 0.1) is 13.0 Å². The molecular weight excluding hydrogens is 432 g/mol. The smallest absolute Gasteiger partial charge is 1.00 e. The van der Waals surface area contributed by atoms with Crippen molar-refractivity contribution in [2.75, 3.05) is 7.11 Å². The van der Waals surface area contributed by atoms with Crippen LogP contribution in [0.2, 0.25) is 0 Å². The fourth-order valence-corrected chi connectivity index (χ4v) is 2.74. The molecule has 2 fully saturated rings. The van der Waals surface area contributed by atoms with E-state index in [0.717, 1.165) is 12.8 Å². The van der Waals surface area contributed by atoms with Crippen molar-refractivity contribution in [1.82, 2.24) is 0 Å². The number of hydrogen-bond donors (Lipinski definition) is 0. The van der Waals surface area contributed by atoms with E-state index in [9.17, 15) is 9.59 Å². The van der Waals surface area contributed by atoms with E-state index in [1.807, 2.05) is 6.42 Å². The van der Waals surface area contributed by atoms with E-state index >= 15 is 0 Å². The Bertz CT molecular complexity index is 297. The minimum Gasteiger partial charge on any atom is -1.00 e. The molecule has 92 valence electrons. The Morgan fingerprint density at radius 2 is 1.94 bits per heavy atom. The molecule has 0 aromatic heterocycles. The molecule has 6 heteroatoms. The van der Waals surface area contributed by atoms with Gasteiger partial charge in [-0.15, -0.1) is 0 Å². The van der Waals surface area contributed by atoms with Gasteiger partial charge < -0.3 is 21.9 Å². The molecule has 0 aromatic carbocycles. The number of fused-ring (bicyclic) bond motifs is 2. The van der Waals surface area contributed by atoms with Crippen LogP contribution in [0.25, 0.3) is 0 Å². The molecule has 0 amide bonds. The molecule has 2 saturated carbocycles. The molecule has 2 aliphatic rings. The van der Waals surface area contributed by atoms with Gasteiger partial charge in [0.25, 0.3) is 0 Å². The largest absolute Gasteiger partial charge is 1.00 e. The average Bonchev–Trinajstić information content (AvgIpc) is 2.74. The second-order valence-corrected chi connectivity index (χ2v) is 4.29. The fourth-order valence-electron chi connectivity index (χ4n) is 2.74. The van der Waals surface area contributed by atoms with Crippen LogP contribution >= 0.6 is 0 Å². The van der Waals surface area contributed by atoms with Crippen LogP contribution in [0.4, 0.5) is 0 Å². The monoisotopic (exact) mass is 448 g/mol. The van der Waals surface area contributed by atoms with Gasteiger partial charge in [-0.3, -0.25) is 9.59 Å². The van der Waals surface area contributed by atoms with Crippen molar-refractivity contribution in [2.45, 2.75) is 25.9 Å². The number of halogens is 1. The fraction of sp³-hybridized carbons (Fsp3) is 0.727. The molecule has 2 radical (unpaired) electrons. The van der Waals surface area contributed by atoms with Gasteiger partial charge in [0.15, 0.2) is 0 Å². The van der Waals surface area contributed by atoms with Gasteiger partial charge in [0, 0.05) is 13.3 Å². The van der Waals surface area contributed by atoms with Crippen LogP contribution in [-0.4, -0.2) is 25.2 Å².